The maximum atomic E-state index is 11.3. The van der Waals surface area contributed by atoms with Crippen molar-refractivity contribution in [1.82, 2.24) is 9.88 Å². The Morgan fingerprint density at radius 2 is 2.30 bits per heavy atom. The number of carbonyl (C=O) groups is 1. The van der Waals surface area contributed by atoms with Crippen LogP contribution in [0.4, 0.5) is 0 Å². The number of aromatic nitrogens is 1. The Balaban J connectivity index is 1.98. The number of nitrogens with zero attached hydrogens (tertiary/aromatic N) is 2. The molecule has 0 spiro atoms. The average molecular weight is 291 g/mol. The minimum atomic E-state index is -0.758. The number of hydrogen-bond acceptors (Lipinski definition) is 3. The van der Waals surface area contributed by atoms with E-state index in [1.54, 1.807) is 6.20 Å². The molecule has 1 aliphatic rings. The maximum absolute atomic E-state index is 11.3. The zero-order chi connectivity index (χ0) is 14.1. The van der Waals surface area contributed by atoms with Gasteiger partial charge >= 0.3 is 5.97 Å². The zero-order valence-electron chi connectivity index (χ0n) is 10.9. The van der Waals surface area contributed by atoms with Gasteiger partial charge in [0.05, 0.1) is 5.52 Å². The van der Waals surface area contributed by atoms with Gasteiger partial charge in [0.2, 0.25) is 0 Å². The number of rotatable bonds is 3. The molecule has 4 nitrogen and oxygen atoms in total. The summed E-state index contributed by atoms with van der Waals surface area (Å²) in [5, 5.41) is 10.9. The fraction of sp³-hybridized carbons (Fsp3) is 0.333. The first-order valence-corrected chi connectivity index (χ1v) is 7.03. The van der Waals surface area contributed by atoms with Gasteiger partial charge in [0.1, 0.15) is 6.04 Å². The standard InChI is InChI=1S/C15H15ClN2O2/c16-12-6-5-10-3-1-7-17-14(10)11(12)9-18-8-2-4-13(18)15(19)20/h1,3,5-7,13H,2,4,8-9H2,(H,19,20)/t13-/m0/s1. The largest absolute Gasteiger partial charge is 0.480 e. The summed E-state index contributed by atoms with van der Waals surface area (Å²) in [5.74, 6) is -0.758. The smallest absolute Gasteiger partial charge is 0.320 e. The summed E-state index contributed by atoms with van der Waals surface area (Å²) in [6, 6.07) is 7.25. The van der Waals surface area contributed by atoms with Crippen molar-refractivity contribution < 1.29 is 9.90 Å². The third-order valence-electron chi connectivity index (χ3n) is 3.83. The predicted octanol–water partition coefficient (Wildman–Crippen LogP) is 2.94. The molecule has 0 unspecified atom stereocenters. The first kappa shape index (κ1) is 13.3. The van der Waals surface area contributed by atoms with Crippen LogP contribution in [0, 0.1) is 0 Å². The molecular weight excluding hydrogens is 276 g/mol. The fourth-order valence-corrected chi connectivity index (χ4v) is 3.04. The summed E-state index contributed by atoms with van der Waals surface area (Å²) >= 11 is 6.29. The topological polar surface area (TPSA) is 53.4 Å². The SMILES string of the molecule is O=C(O)[C@@H]1CCCN1Cc1c(Cl)ccc2cccnc12. The number of benzene rings is 1. The molecule has 1 atom stereocenters. The van der Waals surface area contributed by atoms with Gasteiger partial charge in [-0.25, -0.2) is 0 Å². The highest BCUT2D eigenvalue weighted by Gasteiger charge is 2.31. The minimum Gasteiger partial charge on any atom is -0.480 e. The van der Waals surface area contributed by atoms with Gasteiger partial charge < -0.3 is 5.11 Å². The molecule has 1 fully saturated rings. The molecule has 0 saturated carbocycles. The van der Waals surface area contributed by atoms with Gasteiger partial charge in [0.15, 0.2) is 0 Å². The van der Waals surface area contributed by atoms with Crippen LogP contribution in [-0.2, 0) is 11.3 Å². The van der Waals surface area contributed by atoms with Gasteiger partial charge in [0.25, 0.3) is 0 Å². The fourth-order valence-electron chi connectivity index (χ4n) is 2.83. The van der Waals surface area contributed by atoms with Gasteiger partial charge in [0, 0.05) is 28.7 Å². The molecule has 5 heteroatoms. The van der Waals surface area contributed by atoms with Crippen LogP contribution in [0.25, 0.3) is 10.9 Å². The Morgan fingerprint density at radius 3 is 3.10 bits per heavy atom. The molecule has 0 radical (unpaired) electrons. The molecule has 1 saturated heterocycles. The molecule has 1 aromatic carbocycles. The van der Waals surface area contributed by atoms with Gasteiger partial charge in [-0.3, -0.25) is 14.7 Å². The molecule has 0 bridgehead atoms. The first-order valence-electron chi connectivity index (χ1n) is 6.66. The lowest BCUT2D eigenvalue weighted by Gasteiger charge is -2.22. The number of hydrogen-bond donors (Lipinski definition) is 1. The van der Waals surface area contributed by atoms with E-state index >= 15 is 0 Å². The lowest BCUT2D eigenvalue weighted by molar-refractivity contribution is -0.142. The van der Waals surface area contributed by atoms with E-state index in [-0.39, 0.29) is 0 Å². The third kappa shape index (κ3) is 2.37. The summed E-state index contributed by atoms with van der Waals surface area (Å²) in [5.41, 5.74) is 1.77. The Hall–Kier alpha value is -1.65. The quantitative estimate of drug-likeness (QED) is 0.944. The molecule has 20 heavy (non-hydrogen) atoms. The van der Waals surface area contributed by atoms with Crippen molar-refractivity contribution >= 4 is 28.5 Å². The van der Waals surface area contributed by atoms with Crippen LogP contribution < -0.4 is 0 Å². The number of aliphatic carboxylic acids is 1. The van der Waals surface area contributed by atoms with Crippen molar-refractivity contribution in [2.75, 3.05) is 6.54 Å². The molecule has 1 aliphatic heterocycles. The van der Waals surface area contributed by atoms with Crippen molar-refractivity contribution in [3.63, 3.8) is 0 Å². The molecule has 1 N–H and O–H groups in total. The second-order valence-electron chi connectivity index (χ2n) is 5.07. The number of carboxylic acid groups (broad SMARTS) is 1. The Kier molecular flexibility index (Phi) is 3.59. The van der Waals surface area contributed by atoms with Crippen LogP contribution >= 0.6 is 11.6 Å². The molecular formula is C15H15ClN2O2. The monoisotopic (exact) mass is 290 g/mol. The number of likely N-dealkylation sites (tertiary alicyclic amines) is 1. The van der Waals surface area contributed by atoms with E-state index in [4.69, 9.17) is 11.6 Å². The third-order valence-corrected chi connectivity index (χ3v) is 4.19. The average Bonchev–Trinajstić information content (AvgIpc) is 2.90. The van der Waals surface area contributed by atoms with Crippen molar-refractivity contribution in [2.45, 2.75) is 25.4 Å². The molecule has 0 aliphatic carbocycles. The minimum absolute atomic E-state index is 0.412. The highest BCUT2D eigenvalue weighted by molar-refractivity contribution is 6.32. The normalized spacial score (nSPS) is 19.6. The van der Waals surface area contributed by atoms with Gasteiger partial charge in [-0.1, -0.05) is 23.7 Å². The summed E-state index contributed by atoms with van der Waals surface area (Å²) in [4.78, 5) is 17.6. The van der Waals surface area contributed by atoms with Crippen LogP contribution in [0.2, 0.25) is 5.02 Å². The highest BCUT2D eigenvalue weighted by atomic mass is 35.5. The van der Waals surface area contributed by atoms with Gasteiger partial charge in [-0.15, -0.1) is 0 Å². The van der Waals surface area contributed by atoms with Gasteiger partial charge in [-0.05, 0) is 31.5 Å². The Labute approximate surface area is 122 Å². The summed E-state index contributed by atoms with van der Waals surface area (Å²) in [7, 11) is 0. The van der Waals surface area contributed by atoms with Crippen LogP contribution in [0.1, 0.15) is 18.4 Å². The number of carboxylic acids is 1. The Morgan fingerprint density at radius 1 is 1.45 bits per heavy atom. The van der Waals surface area contributed by atoms with Crippen LogP contribution in [0.5, 0.6) is 0 Å². The Bertz CT molecular complexity index is 659. The van der Waals surface area contributed by atoms with Crippen molar-refractivity contribution in [2.24, 2.45) is 0 Å². The zero-order valence-corrected chi connectivity index (χ0v) is 11.7. The number of pyridine rings is 1. The molecule has 1 aromatic heterocycles. The van der Waals surface area contributed by atoms with E-state index < -0.39 is 12.0 Å². The lowest BCUT2D eigenvalue weighted by atomic mass is 10.1. The van der Waals surface area contributed by atoms with E-state index in [0.717, 1.165) is 29.4 Å². The van der Waals surface area contributed by atoms with E-state index in [9.17, 15) is 9.90 Å². The number of halogens is 1. The molecule has 2 aromatic rings. The first-order chi connectivity index (χ1) is 9.66. The summed E-state index contributed by atoms with van der Waals surface area (Å²) in [6.07, 6.45) is 3.35. The van der Waals surface area contributed by atoms with E-state index in [0.29, 0.717) is 18.0 Å². The maximum Gasteiger partial charge on any atom is 0.320 e. The lowest BCUT2D eigenvalue weighted by Crippen LogP contribution is -2.35. The predicted molar refractivity (Wildman–Crippen MR) is 77.8 cm³/mol. The van der Waals surface area contributed by atoms with E-state index in [1.165, 1.54) is 0 Å². The van der Waals surface area contributed by atoms with E-state index in [1.807, 2.05) is 29.2 Å². The van der Waals surface area contributed by atoms with Gasteiger partial charge in [-0.2, -0.15) is 0 Å². The van der Waals surface area contributed by atoms with Crippen LogP contribution in [-0.4, -0.2) is 33.5 Å². The van der Waals surface area contributed by atoms with Crippen LogP contribution in [0.3, 0.4) is 0 Å². The molecule has 104 valence electrons. The van der Waals surface area contributed by atoms with Crippen molar-refractivity contribution in [3.8, 4) is 0 Å². The second-order valence-corrected chi connectivity index (χ2v) is 5.48. The van der Waals surface area contributed by atoms with Crippen molar-refractivity contribution in [1.29, 1.82) is 0 Å². The second kappa shape index (κ2) is 5.38. The van der Waals surface area contributed by atoms with Crippen LogP contribution in [0.15, 0.2) is 30.5 Å². The van der Waals surface area contributed by atoms with Crippen molar-refractivity contribution in [3.05, 3.63) is 41.0 Å². The van der Waals surface area contributed by atoms with E-state index in [2.05, 4.69) is 4.98 Å². The molecule has 2 heterocycles. The highest BCUT2D eigenvalue weighted by Crippen LogP contribution is 2.28. The molecule has 3 rings (SSSR count). The summed E-state index contributed by atoms with van der Waals surface area (Å²) < 4.78 is 0. The molecule has 0 amide bonds. The summed E-state index contributed by atoms with van der Waals surface area (Å²) in [6.45, 7) is 1.32. The number of fused-ring (bicyclic) bond motifs is 1.